The summed E-state index contributed by atoms with van der Waals surface area (Å²) in [4.78, 5) is 16.6. The first-order chi connectivity index (χ1) is 12.5. The number of pyridine rings is 1. The van der Waals surface area contributed by atoms with E-state index in [0.717, 1.165) is 29.6 Å². The Morgan fingerprint density at radius 1 is 1.23 bits per heavy atom. The number of fused-ring (bicyclic) bond motifs is 1. The summed E-state index contributed by atoms with van der Waals surface area (Å²) in [6.07, 6.45) is 6.68. The Labute approximate surface area is 157 Å². The van der Waals surface area contributed by atoms with Crippen molar-refractivity contribution < 1.29 is 14.6 Å². The van der Waals surface area contributed by atoms with E-state index in [0.29, 0.717) is 5.75 Å². The SMILES string of the molecule is CC(C)(Oc1cccc2c1ccn2CCCSc1ccncc1)C(=O)O. The van der Waals surface area contributed by atoms with Crippen molar-refractivity contribution in [1.29, 1.82) is 0 Å². The van der Waals surface area contributed by atoms with E-state index >= 15 is 0 Å². The fraction of sp³-hybridized carbons (Fsp3) is 0.300. The molecule has 26 heavy (non-hydrogen) atoms. The number of hydrogen-bond donors (Lipinski definition) is 1. The summed E-state index contributed by atoms with van der Waals surface area (Å²) in [7, 11) is 0. The molecule has 136 valence electrons. The number of rotatable bonds is 8. The number of aromatic nitrogens is 2. The van der Waals surface area contributed by atoms with Gasteiger partial charge in [-0.1, -0.05) is 6.07 Å². The molecule has 1 aromatic carbocycles. The molecule has 2 aromatic heterocycles. The number of carboxylic acid groups (broad SMARTS) is 1. The van der Waals surface area contributed by atoms with Gasteiger partial charge in [-0.25, -0.2) is 4.79 Å². The standard InChI is InChI=1S/C20H22N2O3S/c1-20(2,19(23)24)25-18-6-3-5-17-16(18)9-13-22(17)12-4-14-26-15-7-10-21-11-8-15/h3,5-11,13H,4,12,14H2,1-2H3,(H,23,24). The maximum absolute atomic E-state index is 11.3. The Bertz CT molecular complexity index is 890. The molecule has 0 amide bonds. The molecule has 1 N–H and O–H groups in total. The minimum Gasteiger partial charge on any atom is -0.478 e. The number of benzene rings is 1. The molecule has 0 aliphatic carbocycles. The molecule has 3 aromatic rings. The minimum absolute atomic E-state index is 0.597. The molecule has 6 heteroatoms. The van der Waals surface area contributed by atoms with Crippen LogP contribution in [0.25, 0.3) is 10.9 Å². The van der Waals surface area contributed by atoms with Crippen molar-refractivity contribution in [1.82, 2.24) is 9.55 Å². The minimum atomic E-state index is -1.27. The van der Waals surface area contributed by atoms with Gasteiger partial charge in [0.15, 0.2) is 5.60 Å². The van der Waals surface area contributed by atoms with Crippen LogP contribution in [-0.4, -0.2) is 32.0 Å². The molecule has 0 aliphatic rings. The fourth-order valence-corrected chi connectivity index (χ4v) is 3.48. The molecular formula is C20H22N2O3S. The third-order valence-electron chi connectivity index (χ3n) is 4.12. The average Bonchev–Trinajstić information content (AvgIpc) is 3.03. The Balaban J connectivity index is 1.67. The molecule has 3 rings (SSSR count). The number of ether oxygens (including phenoxy) is 1. The van der Waals surface area contributed by atoms with Gasteiger partial charge in [0.05, 0.1) is 5.52 Å². The summed E-state index contributed by atoms with van der Waals surface area (Å²) in [6.45, 7) is 4.01. The smallest absolute Gasteiger partial charge is 0.347 e. The summed E-state index contributed by atoms with van der Waals surface area (Å²) in [6, 6.07) is 11.8. The van der Waals surface area contributed by atoms with Gasteiger partial charge in [0.1, 0.15) is 5.75 Å². The van der Waals surface area contributed by atoms with Gasteiger partial charge in [-0.3, -0.25) is 4.98 Å². The number of carbonyl (C=O) groups is 1. The molecule has 0 bridgehead atoms. The quantitative estimate of drug-likeness (QED) is 0.468. The highest BCUT2D eigenvalue weighted by Gasteiger charge is 2.30. The van der Waals surface area contributed by atoms with Crippen LogP contribution in [0.5, 0.6) is 5.75 Å². The van der Waals surface area contributed by atoms with Gasteiger partial charge in [0.25, 0.3) is 0 Å². The van der Waals surface area contributed by atoms with Crippen LogP contribution in [0, 0.1) is 0 Å². The van der Waals surface area contributed by atoms with E-state index in [1.54, 1.807) is 13.8 Å². The van der Waals surface area contributed by atoms with Gasteiger partial charge in [-0.2, -0.15) is 0 Å². The highest BCUT2D eigenvalue weighted by Crippen LogP contribution is 2.30. The molecule has 2 heterocycles. The monoisotopic (exact) mass is 370 g/mol. The van der Waals surface area contributed by atoms with Gasteiger partial charge in [-0.15, -0.1) is 11.8 Å². The number of aliphatic carboxylic acids is 1. The summed E-state index contributed by atoms with van der Waals surface area (Å²) < 4.78 is 7.93. The fourth-order valence-electron chi connectivity index (χ4n) is 2.66. The van der Waals surface area contributed by atoms with E-state index < -0.39 is 11.6 Å². The molecule has 0 saturated heterocycles. The second-order valence-electron chi connectivity index (χ2n) is 6.50. The number of aryl methyl sites for hydroxylation is 1. The van der Waals surface area contributed by atoms with Crippen LogP contribution in [0.1, 0.15) is 20.3 Å². The first-order valence-corrected chi connectivity index (χ1v) is 9.49. The van der Waals surface area contributed by atoms with E-state index in [4.69, 9.17) is 4.74 Å². The number of thioether (sulfide) groups is 1. The molecule has 0 saturated carbocycles. The van der Waals surface area contributed by atoms with Crippen LogP contribution in [0.2, 0.25) is 0 Å². The third-order valence-corrected chi connectivity index (χ3v) is 5.21. The summed E-state index contributed by atoms with van der Waals surface area (Å²) in [5.41, 5.74) is -0.213. The average molecular weight is 370 g/mol. The van der Waals surface area contributed by atoms with Crippen molar-refractivity contribution in [2.24, 2.45) is 0 Å². The second kappa shape index (κ2) is 7.83. The zero-order valence-electron chi connectivity index (χ0n) is 14.9. The molecule has 5 nitrogen and oxygen atoms in total. The van der Waals surface area contributed by atoms with Crippen LogP contribution < -0.4 is 4.74 Å². The van der Waals surface area contributed by atoms with E-state index in [9.17, 15) is 9.90 Å². The zero-order chi connectivity index (χ0) is 18.6. The van der Waals surface area contributed by atoms with Crippen molar-refractivity contribution >= 4 is 28.6 Å². The van der Waals surface area contributed by atoms with E-state index in [2.05, 4.69) is 9.55 Å². The Morgan fingerprint density at radius 2 is 2.00 bits per heavy atom. The van der Waals surface area contributed by atoms with Gasteiger partial charge in [-0.05, 0) is 56.4 Å². The van der Waals surface area contributed by atoms with Crippen LogP contribution in [0.4, 0.5) is 0 Å². The molecular weight excluding hydrogens is 348 g/mol. The lowest BCUT2D eigenvalue weighted by molar-refractivity contribution is -0.152. The van der Waals surface area contributed by atoms with Crippen LogP contribution in [-0.2, 0) is 11.3 Å². The topological polar surface area (TPSA) is 64.4 Å². The summed E-state index contributed by atoms with van der Waals surface area (Å²) >= 11 is 1.82. The van der Waals surface area contributed by atoms with Crippen molar-refractivity contribution in [3.05, 3.63) is 55.0 Å². The van der Waals surface area contributed by atoms with Gasteiger partial charge in [0, 0.05) is 35.4 Å². The molecule has 0 aliphatic heterocycles. The largest absolute Gasteiger partial charge is 0.478 e. The third kappa shape index (κ3) is 4.19. The van der Waals surface area contributed by atoms with E-state index in [1.807, 2.05) is 66.8 Å². The summed E-state index contributed by atoms with van der Waals surface area (Å²) in [5, 5.41) is 10.2. The van der Waals surface area contributed by atoms with Crippen LogP contribution in [0.3, 0.4) is 0 Å². The predicted octanol–water partition coefficient (Wildman–Crippen LogP) is 4.46. The molecule has 0 fully saturated rings. The highest BCUT2D eigenvalue weighted by atomic mass is 32.2. The van der Waals surface area contributed by atoms with Crippen molar-refractivity contribution in [2.45, 2.75) is 37.3 Å². The predicted molar refractivity (Wildman–Crippen MR) is 104 cm³/mol. The summed E-state index contributed by atoms with van der Waals surface area (Å²) in [5.74, 6) is 0.633. The number of carboxylic acids is 1. The van der Waals surface area contributed by atoms with Gasteiger partial charge in [0.2, 0.25) is 0 Å². The Morgan fingerprint density at radius 3 is 2.73 bits per heavy atom. The maximum atomic E-state index is 11.3. The Hall–Kier alpha value is -2.47. The number of nitrogens with zero attached hydrogens (tertiary/aromatic N) is 2. The molecule has 0 spiro atoms. The molecule has 0 radical (unpaired) electrons. The van der Waals surface area contributed by atoms with Crippen molar-refractivity contribution in [3.63, 3.8) is 0 Å². The maximum Gasteiger partial charge on any atom is 0.347 e. The van der Waals surface area contributed by atoms with Crippen molar-refractivity contribution in [3.8, 4) is 5.75 Å². The van der Waals surface area contributed by atoms with Gasteiger partial charge >= 0.3 is 5.97 Å². The van der Waals surface area contributed by atoms with E-state index in [1.165, 1.54) is 4.90 Å². The molecule has 0 unspecified atom stereocenters. The van der Waals surface area contributed by atoms with Crippen LogP contribution >= 0.6 is 11.8 Å². The normalized spacial score (nSPS) is 11.6. The highest BCUT2D eigenvalue weighted by molar-refractivity contribution is 7.99. The lowest BCUT2D eigenvalue weighted by Gasteiger charge is -2.22. The lowest BCUT2D eigenvalue weighted by atomic mass is 10.1. The first kappa shape index (κ1) is 18.3. The van der Waals surface area contributed by atoms with Crippen LogP contribution in [0.15, 0.2) is 59.9 Å². The molecule has 0 atom stereocenters. The zero-order valence-corrected chi connectivity index (χ0v) is 15.7. The van der Waals surface area contributed by atoms with Crippen molar-refractivity contribution in [2.75, 3.05) is 5.75 Å². The Kier molecular flexibility index (Phi) is 5.52. The van der Waals surface area contributed by atoms with E-state index in [-0.39, 0.29) is 0 Å². The lowest BCUT2D eigenvalue weighted by Crippen LogP contribution is -2.37. The first-order valence-electron chi connectivity index (χ1n) is 8.50. The van der Waals surface area contributed by atoms with Gasteiger partial charge < -0.3 is 14.4 Å². The second-order valence-corrected chi connectivity index (χ2v) is 7.67. The number of hydrogen-bond acceptors (Lipinski definition) is 4.